The van der Waals surface area contributed by atoms with E-state index in [0.29, 0.717) is 5.75 Å². The molecule has 0 heterocycles. The third-order valence-electron chi connectivity index (χ3n) is 2.99. The van der Waals surface area contributed by atoms with Crippen LogP contribution in [0, 0.1) is 0 Å². The minimum absolute atomic E-state index is 0. The van der Waals surface area contributed by atoms with Gasteiger partial charge in [-0.2, -0.15) is 11.8 Å². The molecule has 1 aromatic carbocycles. The van der Waals surface area contributed by atoms with Crippen LogP contribution in [0.25, 0.3) is 0 Å². The first-order valence-electron chi connectivity index (χ1n) is 7.55. The number of nitrogens with zero attached hydrogens (tertiary/aromatic N) is 1. The number of hydrogen-bond acceptors (Lipinski definition) is 3. The number of thioether (sulfide) groups is 1. The Morgan fingerprint density at radius 2 is 2.09 bits per heavy atom. The van der Waals surface area contributed by atoms with E-state index in [-0.39, 0.29) is 24.0 Å². The molecule has 126 valence electrons. The number of aromatic hydroxyl groups is 1. The summed E-state index contributed by atoms with van der Waals surface area (Å²) in [6.07, 6.45) is 5.35. The number of hydrogen-bond donors (Lipinski definition) is 3. The Hall–Kier alpha value is -0.630. The highest BCUT2D eigenvalue weighted by atomic mass is 127. The molecule has 0 bridgehead atoms. The second-order valence-corrected chi connectivity index (χ2v) is 5.79. The lowest BCUT2D eigenvalue weighted by molar-refractivity contribution is 0.474. The van der Waals surface area contributed by atoms with E-state index in [2.05, 4.69) is 28.8 Å². The van der Waals surface area contributed by atoms with Gasteiger partial charge in [0.15, 0.2) is 5.96 Å². The molecule has 0 aromatic heterocycles. The summed E-state index contributed by atoms with van der Waals surface area (Å²) in [5.41, 5.74) is 1.12. The Morgan fingerprint density at radius 1 is 1.27 bits per heavy atom. The Bertz CT molecular complexity index is 430. The highest BCUT2D eigenvalue weighted by Gasteiger charge is 1.98. The van der Waals surface area contributed by atoms with Gasteiger partial charge in [-0.15, -0.1) is 24.0 Å². The number of aliphatic imine (C=N–C) groups is 1. The molecule has 0 spiro atoms. The molecule has 0 aliphatic rings. The van der Waals surface area contributed by atoms with Crippen LogP contribution in [0.1, 0.15) is 25.3 Å². The average molecular weight is 437 g/mol. The largest absolute Gasteiger partial charge is 0.508 e. The number of nitrogens with one attached hydrogen (secondary N) is 2. The number of halogens is 1. The number of unbranched alkanes of at least 4 members (excludes halogenated alkanes) is 1. The van der Waals surface area contributed by atoms with Crippen molar-refractivity contribution in [1.29, 1.82) is 0 Å². The lowest BCUT2D eigenvalue weighted by atomic mass is 10.1. The van der Waals surface area contributed by atoms with Crippen molar-refractivity contribution < 1.29 is 5.11 Å². The molecule has 0 aliphatic carbocycles. The minimum atomic E-state index is 0. The molecule has 0 atom stereocenters. The zero-order valence-corrected chi connectivity index (χ0v) is 16.6. The maximum Gasteiger partial charge on any atom is 0.191 e. The lowest BCUT2D eigenvalue weighted by Crippen LogP contribution is -2.38. The summed E-state index contributed by atoms with van der Waals surface area (Å²) in [5.74, 6) is 2.40. The minimum Gasteiger partial charge on any atom is -0.508 e. The number of rotatable bonds is 9. The molecule has 0 radical (unpaired) electrons. The van der Waals surface area contributed by atoms with E-state index in [4.69, 9.17) is 0 Å². The average Bonchev–Trinajstić information content (AvgIpc) is 2.47. The molecular weight excluding hydrogens is 409 g/mol. The maximum atomic E-state index is 9.43. The van der Waals surface area contributed by atoms with E-state index in [0.717, 1.165) is 44.0 Å². The first-order chi connectivity index (χ1) is 10.3. The highest BCUT2D eigenvalue weighted by Crippen LogP contribution is 2.10. The predicted octanol–water partition coefficient (Wildman–Crippen LogP) is 3.25. The summed E-state index contributed by atoms with van der Waals surface area (Å²) in [4.78, 5) is 4.57. The fourth-order valence-corrected chi connectivity index (χ4v) is 2.42. The molecule has 1 aromatic rings. The van der Waals surface area contributed by atoms with Crippen molar-refractivity contribution in [3.05, 3.63) is 29.8 Å². The van der Waals surface area contributed by atoms with Crippen LogP contribution in [-0.4, -0.2) is 42.7 Å². The van der Waals surface area contributed by atoms with Gasteiger partial charge >= 0.3 is 0 Å². The summed E-state index contributed by atoms with van der Waals surface area (Å²) in [6.45, 7) is 4.60. The van der Waals surface area contributed by atoms with E-state index in [1.54, 1.807) is 12.1 Å². The summed E-state index contributed by atoms with van der Waals surface area (Å²) in [5, 5.41) is 16.0. The van der Waals surface area contributed by atoms with Gasteiger partial charge in [-0.3, -0.25) is 4.99 Å². The zero-order valence-electron chi connectivity index (χ0n) is 13.5. The van der Waals surface area contributed by atoms with Crippen LogP contribution >= 0.6 is 35.7 Å². The standard InChI is InChI=1S/C16H27N3OS.HI/c1-3-17-16(18-10-4-5-12-21-2)19-11-9-14-7-6-8-15(20)13-14;/h6-8,13,20H,3-5,9-12H2,1-2H3,(H2,17,18,19);1H. The SMILES string of the molecule is CCNC(=NCCCCSC)NCCc1cccc(O)c1.I. The lowest BCUT2D eigenvalue weighted by Gasteiger charge is -2.11. The van der Waals surface area contributed by atoms with Crippen LogP contribution in [0.3, 0.4) is 0 Å². The molecule has 0 amide bonds. The molecular formula is C16H28IN3OS. The van der Waals surface area contributed by atoms with Gasteiger partial charge in [0.25, 0.3) is 0 Å². The molecule has 4 nitrogen and oxygen atoms in total. The van der Waals surface area contributed by atoms with E-state index in [1.165, 1.54) is 12.2 Å². The molecule has 3 N–H and O–H groups in total. The van der Waals surface area contributed by atoms with Gasteiger partial charge < -0.3 is 15.7 Å². The van der Waals surface area contributed by atoms with E-state index in [1.807, 2.05) is 23.9 Å². The van der Waals surface area contributed by atoms with Gasteiger partial charge in [-0.1, -0.05) is 12.1 Å². The van der Waals surface area contributed by atoms with Crippen LogP contribution < -0.4 is 10.6 Å². The van der Waals surface area contributed by atoms with Crippen LogP contribution in [-0.2, 0) is 6.42 Å². The number of benzene rings is 1. The smallest absolute Gasteiger partial charge is 0.191 e. The number of phenolic OH excluding ortho intramolecular Hbond substituents is 1. The van der Waals surface area contributed by atoms with Crippen LogP contribution in [0.5, 0.6) is 5.75 Å². The second-order valence-electron chi connectivity index (χ2n) is 4.81. The van der Waals surface area contributed by atoms with E-state index < -0.39 is 0 Å². The van der Waals surface area contributed by atoms with Gasteiger partial charge in [-0.05, 0) is 55.9 Å². The Kier molecular flexibility index (Phi) is 13.6. The molecule has 0 saturated heterocycles. The first kappa shape index (κ1) is 21.4. The van der Waals surface area contributed by atoms with Crippen LogP contribution in [0.15, 0.2) is 29.3 Å². The number of guanidine groups is 1. The fourth-order valence-electron chi connectivity index (χ4n) is 1.93. The zero-order chi connectivity index (χ0) is 15.3. The Labute approximate surface area is 155 Å². The van der Waals surface area contributed by atoms with Gasteiger partial charge in [0.1, 0.15) is 5.75 Å². The topological polar surface area (TPSA) is 56.7 Å². The summed E-state index contributed by atoms with van der Waals surface area (Å²) in [6, 6.07) is 7.38. The van der Waals surface area contributed by atoms with Crippen molar-refractivity contribution in [2.24, 2.45) is 4.99 Å². The highest BCUT2D eigenvalue weighted by molar-refractivity contribution is 14.0. The summed E-state index contributed by atoms with van der Waals surface area (Å²) >= 11 is 1.88. The van der Waals surface area contributed by atoms with Crippen molar-refractivity contribution >= 4 is 41.7 Å². The molecule has 22 heavy (non-hydrogen) atoms. The van der Waals surface area contributed by atoms with Gasteiger partial charge in [0.05, 0.1) is 0 Å². The predicted molar refractivity (Wildman–Crippen MR) is 109 cm³/mol. The second kappa shape index (κ2) is 14.0. The van der Waals surface area contributed by atoms with E-state index >= 15 is 0 Å². The van der Waals surface area contributed by atoms with Gasteiger partial charge in [-0.25, -0.2) is 0 Å². The van der Waals surface area contributed by atoms with Gasteiger partial charge in [0.2, 0.25) is 0 Å². The Balaban J connectivity index is 0.00000441. The number of phenols is 1. The third-order valence-corrected chi connectivity index (χ3v) is 3.68. The van der Waals surface area contributed by atoms with Crippen molar-refractivity contribution in [3.8, 4) is 5.75 Å². The summed E-state index contributed by atoms with van der Waals surface area (Å²) < 4.78 is 0. The molecule has 0 saturated carbocycles. The van der Waals surface area contributed by atoms with Gasteiger partial charge in [0, 0.05) is 19.6 Å². The van der Waals surface area contributed by atoms with Crippen molar-refractivity contribution in [1.82, 2.24) is 10.6 Å². The van der Waals surface area contributed by atoms with Crippen molar-refractivity contribution in [3.63, 3.8) is 0 Å². The normalized spacial score (nSPS) is 10.9. The van der Waals surface area contributed by atoms with E-state index in [9.17, 15) is 5.11 Å². The molecule has 0 fully saturated rings. The third kappa shape index (κ3) is 10.2. The summed E-state index contributed by atoms with van der Waals surface area (Å²) in [7, 11) is 0. The van der Waals surface area contributed by atoms with Crippen molar-refractivity contribution in [2.75, 3.05) is 31.6 Å². The molecule has 0 unspecified atom stereocenters. The quantitative estimate of drug-likeness (QED) is 0.240. The Morgan fingerprint density at radius 3 is 2.77 bits per heavy atom. The molecule has 1 rings (SSSR count). The fraction of sp³-hybridized carbons (Fsp3) is 0.562. The van der Waals surface area contributed by atoms with Crippen LogP contribution in [0.4, 0.5) is 0 Å². The first-order valence-corrected chi connectivity index (χ1v) is 8.94. The van der Waals surface area contributed by atoms with Crippen molar-refractivity contribution in [2.45, 2.75) is 26.2 Å². The maximum absolute atomic E-state index is 9.43. The molecule has 6 heteroatoms. The monoisotopic (exact) mass is 437 g/mol. The van der Waals surface area contributed by atoms with Crippen LogP contribution in [0.2, 0.25) is 0 Å². The molecule has 0 aliphatic heterocycles.